The zero-order valence-corrected chi connectivity index (χ0v) is 13.6. The van der Waals surface area contributed by atoms with Crippen molar-refractivity contribution < 1.29 is 4.39 Å². The lowest BCUT2D eigenvalue weighted by Crippen LogP contribution is -1.99. The maximum Gasteiger partial charge on any atom is 0.123 e. The minimum absolute atomic E-state index is 0.0157. The normalized spacial score (nSPS) is 12.6. The van der Waals surface area contributed by atoms with E-state index in [-0.39, 0.29) is 10.6 Å². The molecule has 0 spiro atoms. The first-order valence-corrected chi connectivity index (χ1v) is 7.87. The molecule has 3 aromatic carbocycles. The lowest BCUT2D eigenvalue weighted by molar-refractivity contribution is 0.624. The van der Waals surface area contributed by atoms with Crippen LogP contribution in [0.4, 0.5) is 4.39 Å². The zero-order chi connectivity index (χ0) is 15.0. The van der Waals surface area contributed by atoms with Crippen LogP contribution in [0, 0.1) is 19.7 Å². The highest BCUT2D eigenvalue weighted by Crippen LogP contribution is 2.38. The van der Waals surface area contributed by atoms with Gasteiger partial charge >= 0.3 is 0 Å². The Labute approximate surface area is 132 Å². The highest BCUT2D eigenvalue weighted by Gasteiger charge is 2.17. The fraction of sp³-hybridized carbons (Fsp3) is 0.158. The molecule has 3 rings (SSSR count). The molecule has 0 amide bonds. The fourth-order valence-corrected chi connectivity index (χ4v) is 3.69. The maximum absolute atomic E-state index is 13.7. The van der Waals surface area contributed by atoms with Crippen molar-refractivity contribution in [1.29, 1.82) is 0 Å². The van der Waals surface area contributed by atoms with E-state index in [1.165, 1.54) is 21.9 Å². The largest absolute Gasteiger partial charge is 0.207 e. The van der Waals surface area contributed by atoms with Gasteiger partial charge in [-0.1, -0.05) is 58.4 Å². The minimum Gasteiger partial charge on any atom is -0.207 e. The molecule has 1 atom stereocenters. The average Bonchev–Trinajstić information content (AvgIpc) is 2.45. The SMILES string of the molecule is Cc1cc(F)cc(C(Br)c2c(C)ccc3ccccc23)c1. The van der Waals surface area contributed by atoms with Crippen LogP contribution in [0.25, 0.3) is 10.8 Å². The second-order valence-electron chi connectivity index (χ2n) is 5.44. The van der Waals surface area contributed by atoms with E-state index in [4.69, 9.17) is 0 Å². The number of aryl methyl sites for hydroxylation is 2. The number of rotatable bonds is 2. The maximum atomic E-state index is 13.7. The summed E-state index contributed by atoms with van der Waals surface area (Å²) in [6.07, 6.45) is 0. The molecule has 0 N–H and O–H groups in total. The molecule has 21 heavy (non-hydrogen) atoms. The second kappa shape index (κ2) is 5.61. The van der Waals surface area contributed by atoms with Gasteiger partial charge in [-0.2, -0.15) is 0 Å². The van der Waals surface area contributed by atoms with Crippen molar-refractivity contribution in [3.8, 4) is 0 Å². The molecule has 1 unspecified atom stereocenters. The third-order valence-corrected chi connectivity index (χ3v) is 4.79. The number of fused-ring (bicyclic) bond motifs is 1. The summed E-state index contributed by atoms with van der Waals surface area (Å²) in [5, 5.41) is 2.41. The molecule has 0 heterocycles. The van der Waals surface area contributed by atoms with Crippen LogP contribution in [0.2, 0.25) is 0 Å². The van der Waals surface area contributed by atoms with Crippen molar-refractivity contribution in [3.63, 3.8) is 0 Å². The summed E-state index contributed by atoms with van der Waals surface area (Å²) in [5.41, 5.74) is 4.30. The summed E-state index contributed by atoms with van der Waals surface area (Å²) in [4.78, 5) is -0.0157. The zero-order valence-electron chi connectivity index (χ0n) is 12.0. The Kier molecular flexibility index (Phi) is 3.81. The Morgan fingerprint density at radius 1 is 0.952 bits per heavy atom. The van der Waals surface area contributed by atoms with Crippen LogP contribution in [0.5, 0.6) is 0 Å². The fourth-order valence-electron chi connectivity index (χ4n) is 2.82. The van der Waals surface area contributed by atoms with E-state index in [0.717, 1.165) is 11.1 Å². The van der Waals surface area contributed by atoms with Crippen molar-refractivity contribution in [2.24, 2.45) is 0 Å². The Balaban J connectivity index is 2.21. The number of benzene rings is 3. The van der Waals surface area contributed by atoms with E-state index in [9.17, 15) is 4.39 Å². The lowest BCUT2D eigenvalue weighted by atomic mass is 9.93. The van der Waals surface area contributed by atoms with Crippen LogP contribution < -0.4 is 0 Å². The van der Waals surface area contributed by atoms with Crippen LogP contribution in [-0.4, -0.2) is 0 Å². The Morgan fingerprint density at radius 3 is 2.48 bits per heavy atom. The van der Waals surface area contributed by atoms with Gasteiger partial charge in [0.1, 0.15) is 5.82 Å². The number of alkyl halides is 1. The van der Waals surface area contributed by atoms with E-state index < -0.39 is 0 Å². The highest BCUT2D eigenvalue weighted by atomic mass is 79.9. The van der Waals surface area contributed by atoms with Gasteiger partial charge < -0.3 is 0 Å². The molecule has 2 heteroatoms. The minimum atomic E-state index is -0.188. The van der Waals surface area contributed by atoms with E-state index in [1.54, 1.807) is 12.1 Å². The first-order valence-electron chi connectivity index (χ1n) is 6.95. The summed E-state index contributed by atoms with van der Waals surface area (Å²) in [6.45, 7) is 4.02. The first-order chi connectivity index (χ1) is 10.1. The summed E-state index contributed by atoms with van der Waals surface area (Å²) in [5.74, 6) is -0.188. The van der Waals surface area contributed by atoms with Gasteiger partial charge in [-0.25, -0.2) is 4.39 Å². The molecule has 0 saturated heterocycles. The number of hydrogen-bond acceptors (Lipinski definition) is 0. The lowest BCUT2D eigenvalue weighted by Gasteiger charge is -2.17. The highest BCUT2D eigenvalue weighted by molar-refractivity contribution is 9.09. The molecule has 106 valence electrons. The molecule has 3 aromatic rings. The van der Waals surface area contributed by atoms with Crippen LogP contribution >= 0.6 is 15.9 Å². The van der Waals surface area contributed by atoms with Gasteiger partial charge in [0.25, 0.3) is 0 Å². The molecule has 0 fully saturated rings. The van der Waals surface area contributed by atoms with E-state index >= 15 is 0 Å². The smallest absolute Gasteiger partial charge is 0.123 e. The molecule has 0 aliphatic carbocycles. The van der Waals surface area contributed by atoms with Crippen molar-refractivity contribution in [2.75, 3.05) is 0 Å². The standard InChI is InChI=1S/C19H16BrF/c1-12-9-15(11-16(21)10-12)19(20)18-13(2)7-8-14-5-3-4-6-17(14)18/h3-11,19H,1-2H3. The monoisotopic (exact) mass is 342 g/mol. The first kappa shape index (κ1) is 14.3. The van der Waals surface area contributed by atoms with Gasteiger partial charge in [-0.15, -0.1) is 0 Å². The molecule has 0 aromatic heterocycles. The molecule has 0 bridgehead atoms. The van der Waals surface area contributed by atoms with Gasteiger partial charge in [0.2, 0.25) is 0 Å². The van der Waals surface area contributed by atoms with Crippen LogP contribution in [-0.2, 0) is 0 Å². The summed E-state index contributed by atoms with van der Waals surface area (Å²) in [7, 11) is 0. The Hall–Kier alpha value is -1.67. The third kappa shape index (κ3) is 2.73. The van der Waals surface area contributed by atoms with Gasteiger partial charge in [-0.3, -0.25) is 0 Å². The third-order valence-electron chi connectivity index (χ3n) is 3.80. The molecule has 0 saturated carbocycles. The molecular formula is C19H16BrF. The molecule has 0 radical (unpaired) electrons. The van der Waals surface area contributed by atoms with Crippen LogP contribution in [0.15, 0.2) is 54.6 Å². The molecular weight excluding hydrogens is 327 g/mol. The quantitative estimate of drug-likeness (QED) is 0.495. The van der Waals surface area contributed by atoms with E-state index in [0.29, 0.717) is 0 Å². The number of hydrogen-bond donors (Lipinski definition) is 0. The Morgan fingerprint density at radius 2 is 1.71 bits per heavy atom. The summed E-state index contributed by atoms with van der Waals surface area (Å²) < 4.78 is 13.7. The van der Waals surface area contributed by atoms with Crippen LogP contribution in [0.1, 0.15) is 27.1 Å². The van der Waals surface area contributed by atoms with Gasteiger partial charge in [0, 0.05) is 0 Å². The van der Waals surface area contributed by atoms with Crippen molar-refractivity contribution >= 4 is 26.7 Å². The predicted molar refractivity (Wildman–Crippen MR) is 90.6 cm³/mol. The molecule has 0 aliphatic heterocycles. The van der Waals surface area contributed by atoms with Crippen LogP contribution in [0.3, 0.4) is 0 Å². The topological polar surface area (TPSA) is 0 Å². The van der Waals surface area contributed by atoms with Crippen molar-refractivity contribution in [1.82, 2.24) is 0 Å². The van der Waals surface area contributed by atoms with Gasteiger partial charge in [-0.05, 0) is 59.0 Å². The Bertz CT molecular complexity index is 788. The van der Waals surface area contributed by atoms with Crippen molar-refractivity contribution in [3.05, 3.63) is 82.7 Å². The van der Waals surface area contributed by atoms with E-state index in [2.05, 4.69) is 47.1 Å². The van der Waals surface area contributed by atoms with Gasteiger partial charge in [0.05, 0.1) is 4.83 Å². The molecule has 0 nitrogen and oxygen atoms in total. The molecule has 0 aliphatic rings. The summed E-state index contributed by atoms with van der Waals surface area (Å²) >= 11 is 3.77. The average molecular weight is 343 g/mol. The predicted octanol–water partition coefficient (Wildman–Crippen LogP) is 6.08. The van der Waals surface area contributed by atoms with E-state index in [1.807, 2.05) is 25.1 Å². The second-order valence-corrected chi connectivity index (χ2v) is 6.36. The number of halogens is 2. The van der Waals surface area contributed by atoms with Crippen molar-refractivity contribution in [2.45, 2.75) is 18.7 Å². The van der Waals surface area contributed by atoms with Gasteiger partial charge in [0.15, 0.2) is 0 Å². The summed E-state index contributed by atoms with van der Waals surface area (Å²) in [6, 6.07) is 17.8.